The van der Waals surface area contributed by atoms with Gasteiger partial charge >= 0.3 is 0 Å². The second kappa shape index (κ2) is 5.47. The third-order valence-corrected chi connectivity index (χ3v) is 4.05. The summed E-state index contributed by atoms with van der Waals surface area (Å²) in [5.41, 5.74) is 6.48. The van der Waals surface area contributed by atoms with Crippen LogP contribution in [0.1, 0.15) is 32.1 Å². The Morgan fingerprint density at radius 3 is 2.56 bits per heavy atom. The second-order valence-electron chi connectivity index (χ2n) is 4.92. The van der Waals surface area contributed by atoms with Crippen molar-refractivity contribution >= 4 is 34.8 Å². The zero-order chi connectivity index (χ0) is 13.2. The van der Waals surface area contributed by atoms with Crippen molar-refractivity contribution in [2.45, 2.75) is 37.6 Å². The van der Waals surface area contributed by atoms with E-state index in [0.29, 0.717) is 22.2 Å². The van der Waals surface area contributed by atoms with Crippen LogP contribution in [-0.2, 0) is 4.79 Å². The zero-order valence-electron chi connectivity index (χ0n) is 10.0. The first-order valence-electron chi connectivity index (χ1n) is 6.02. The summed E-state index contributed by atoms with van der Waals surface area (Å²) in [4.78, 5) is 11.9. The standard InChI is InChI=1S/C13H16Cl2N2O/c14-10-4-3-9(7-11(10)15)17-12(18)8-13(16)5-1-2-6-13/h3-4,7H,1-2,5-6,8,16H2,(H,17,18). The molecule has 0 atom stereocenters. The zero-order valence-corrected chi connectivity index (χ0v) is 11.5. The monoisotopic (exact) mass is 286 g/mol. The molecule has 0 bridgehead atoms. The van der Waals surface area contributed by atoms with E-state index in [1.807, 2.05) is 0 Å². The highest BCUT2D eigenvalue weighted by Crippen LogP contribution is 2.30. The van der Waals surface area contributed by atoms with E-state index in [2.05, 4.69) is 5.32 Å². The van der Waals surface area contributed by atoms with E-state index in [1.165, 1.54) is 0 Å². The molecular formula is C13H16Cl2N2O. The van der Waals surface area contributed by atoms with Crippen LogP contribution >= 0.6 is 23.2 Å². The average Bonchev–Trinajstić information content (AvgIpc) is 2.70. The maximum absolute atomic E-state index is 11.9. The largest absolute Gasteiger partial charge is 0.326 e. The van der Waals surface area contributed by atoms with Crippen molar-refractivity contribution in [3.8, 4) is 0 Å². The quantitative estimate of drug-likeness (QED) is 0.892. The van der Waals surface area contributed by atoms with E-state index in [-0.39, 0.29) is 11.4 Å². The molecule has 0 aliphatic heterocycles. The van der Waals surface area contributed by atoms with Gasteiger partial charge in [0.25, 0.3) is 0 Å². The highest BCUT2D eigenvalue weighted by Gasteiger charge is 2.31. The fourth-order valence-corrected chi connectivity index (χ4v) is 2.65. The number of nitrogens with one attached hydrogen (secondary N) is 1. The van der Waals surface area contributed by atoms with Crippen LogP contribution in [0, 0.1) is 0 Å². The number of hydrogen-bond acceptors (Lipinski definition) is 2. The first kappa shape index (κ1) is 13.7. The predicted octanol–water partition coefficient (Wildman–Crippen LogP) is 3.59. The Labute approximate surface area is 117 Å². The van der Waals surface area contributed by atoms with Crippen LogP contribution < -0.4 is 11.1 Å². The number of rotatable bonds is 3. The van der Waals surface area contributed by atoms with Gasteiger partial charge in [0.2, 0.25) is 5.91 Å². The van der Waals surface area contributed by atoms with Gasteiger partial charge < -0.3 is 11.1 Å². The van der Waals surface area contributed by atoms with Gasteiger partial charge in [0, 0.05) is 17.6 Å². The van der Waals surface area contributed by atoms with E-state index in [1.54, 1.807) is 18.2 Å². The summed E-state index contributed by atoms with van der Waals surface area (Å²) in [6.07, 6.45) is 4.41. The van der Waals surface area contributed by atoms with Crippen LogP contribution in [0.15, 0.2) is 18.2 Å². The highest BCUT2D eigenvalue weighted by molar-refractivity contribution is 6.42. The molecule has 1 aliphatic rings. The molecule has 3 nitrogen and oxygen atoms in total. The molecule has 18 heavy (non-hydrogen) atoms. The van der Waals surface area contributed by atoms with Crippen LogP contribution in [0.3, 0.4) is 0 Å². The molecule has 5 heteroatoms. The lowest BCUT2D eigenvalue weighted by Gasteiger charge is -2.22. The number of halogens is 2. The van der Waals surface area contributed by atoms with Gasteiger partial charge in [0.1, 0.15) is 0 Å². The lowest BCUT2D eigenvalue weighted by atomic mass is 9.94. The topological polar surface area (TPSA) is 55.1 Å². The molecule has 1 saturated carbocycles. The molecule has 2 rings (SSSR count). The number of nitrogens with two attached hydrogens (primary N) is 1. The van der Waals surface area contributed by atoms with Gasteiger partial charge in [-0.05, 0) is 31.0 Å². The van der Waals surface area contributed by atoms with E-state index in [9.17, 15) is 4.79 Å². The van der Waals surface area contributed by atoms with E-state index in [4.69, 9.17) is 28.9 Å². The molecule has 0 heterocycles. The van der Waals surface area contributed by atoms with Gasteiger partial charge in [-0.25, -0.2) is 0 Å². The number of hydrogen-bond donors (Lipinski definition) is 2. The van der Waals surface area contributed by atoms with Crippen molar-refractivity contribution in [3.05, 3.63) is 28.2 Å². The molecule has 0 unspecified atom stereocenters. The first-order chi connectivity index (χ1) is 8.48. The number of amides is 1. The minimum atomic E-state index is -0.333. The number of anilines is 1. The van der Waals surface area contributed by atoms with Gasteiger partial charge in [-0.3, -0.25) is 4.79 Å². The number of benzene rings is 1. The van der Waals surface area contributed by atoms with Crippen LogP contribution in [0.25, 0.3) is 0 Å². The minimum Gasteiger partial charge on any atom is -0.326 e. The van der Waals surface area contributed by atoms with E-state index in [0.717, 1.165) is 25.7 Å². The van der Waals surface area contributed by atoms with Crippen LogP contribution in [-0.4, -0.2) is 11.4 Å². The van der Waals surface area contributed by atoms with Crippen molar-refractivity contribution in [1.29, 1.82) is 0 Å². The van der Waals surface area contributed by atoms with Crippen LogP contribution in [0.5, 0.6) is 0 Å². The first-order valence-corrected chi connectivity index (χ1v) is 6.78. The van der Waals surface area contributed by atoms with Crippen molar-refractivity contribution in [1.82, 2.24) is 0 Å². The second-order valence-corrected chi connectivity index (χ2v) is 5.74. The normalized spacial score (nSPS) is 17.7. The minimum absolute atomic E-state index is 0.0715. The van der Waals surface area contributed by atoms with E-state index >= 15 is 0 Å². The van der Waals surface area contributed by atoms with Gasteiger partial charge in [-0.15, -0.1) is 0 Å². The van der Waals surface area contributed by atoms with Crippen molar-refractivity contribution < 1.29 is 4.79 Å². The molecular weight excluding hydrogens is 271 g/mol. The van der Waals surface area contributed by atoms with E-state index < -0.39 is 0 Å². The lowest BCUT2D eigenvalue weighted by molar-refractivity contribution is -0.117. The Morgan fingerprint density at radius 1 is 1.28 bits per heavy atom. The fourth-order valence-electron chi connectivity index (χ4n) is 2.35. The Hall–Kier alpha value is -0.770. The Bertz CT molecular complexity index is 456. The Morgan fingerprint density at radius 2 is 1.94 bits per heavy atom. The lowest BCUT2D eigenvalue weighted by Crippen LogP contribution is -2.40. The molecule has 0 aromatic heterocycles. The average molecular weight is 287 g/mol. The van der Waals surface area contributed by atoms with Crippen LogP contribution in [0.2, 0.25) is 10.0 Å². The molecule has 0 spiro atoms. The maximum Gasteiger partial charge on any atom is 0.226 e. The van der Waals surface area contributed by atoms with Gasteiger partial charge in [0.05, 0.1) is 10.0 Å². The third-order valence-electron chi connectivity index (χ3n) is 3.32. The van der Waals surface area contributed by atoms with Crippen molar-refractivity contribution in [2.75, 3.05) is 5.32 Å². The summed E-state index contributed by atoms with van der Waals surface area (Å²) in [6.45, 7) is 0. The number of carbonyl (C=O) groups excluding carboxylic acids is 1. The van der Waals surface area contributed by atoms with Crippen molar-refractivity contribution in [3.63, 3.8) is 0 Å². The summed E-state index contributed by atoms with van der Waals surface area (Å²) in [5.74, 6) is -0.0715. The molecule has 1 aromatic rings. The van der Waals surface area contributed by atoms with Crippen molar-refractivity contribution in [2.24, 2.45) is 5.73 Å². The maximum atomic E-state index is 11.9. The molecule has 0 radical (unpaired) electrons. The molecule has 3 N–H and O–H groups in total. The summed E-state index contributed by atoms with van der Waals surface area (Å²) >= 11 is 11.7. The highest BCUT2D eigenvalue weighted by atomic mass is 35.5. The van der Waals surface area contributed by atoms with Crippen LogP contribution in [0.4, 0.5) is 5.69 Å². The summed E-state index contributed by atoms with van der Waals surface area (Å²) in [7, 11) is 0. The predicted molar refractivity (Wildman–Crippen MR) is 75.1 cm³/mol. The smallest absolute Gasteiger partial charge is 0.226 e. The van der Waals surface area contributed by atoms with Gasteiger partial charge in [0.15, 0.2) is 0 Å². The Kier molecular flexibility index (Phi) is 4.15. The fraction of sp³-hybridized carbons (Fsp3) is 0.462. The third kappa shape index (κ3) is 3.37. The Balaban J connectivity index is 1.96. The molecule has 1 aromatic carbocycles. The molecule has 1 aliphatic carbocycles. The SMILES string of the molecule is NC1(CC(=O)Nc2ccc(Cl)c(Cl)c2)CCCC1. The van der Waals surface area contributed by atoms with Gasteiger partial charge in [-0.2, -0.15) is 0 Å². The summed E-state index contributed by atoms with van der Waals surface area (Å²) in [6, 6.07) is 5.02. The molecule has 1 amide bonds. The summed E-state index contributed by atoms with van der Waals surface area (Å²) < 4.78 is 0. The molecule has 98 valence electrons. The number of carbonyl (C=O) groups is 1. The van der Waals surface area contributed by atoms with Gasteiger partial charge in [-0.1, -0.05) is 36.0 Å². The summed E-state index contributed by atoms with van der Waals surface area (Å²) in [5, 5.41) is 3.70. The molecule has 0 saturated heterocycles. The molecule has 1 fully saturated rings.